The normalized spacial score (nSPS) is 18.0. The van der Waals surface area contributed by atoms with Crippen LogP contribution in [0.2, 0.25) is 0 Å². The third kappa shape index (κ3) is 5.06. The molecule has 8 nitrogen and oxygen atoms in total. The average Bonchev–Trinajstić information content (AvgIpc) is 2.48. The molecule has 0 aromatic rings. The van der Waals surface area contributed by atoms with E-state index < -0.39 is 12.0 Å². The molecule has 21 heavy (non-hydrogen) atoms. The number of nitrogens with zero attached hydrogens (tertiary/aromatic N) is 3. The third-order valence-electron chi connectivity index (χ3n) is 3.30. The van der Waals surface area contributed by atoms with E-state index in [1.807, 2.05) is 6.07 Å². The van der Waals surface area contributed by atoms with Gasteiger partial charge in [0.1, 0.15) is 17.7 Å². The largest absolute Gasteiger partial charge is 0.480 e. The predicted octanol–water partition coefficient (Wildman–Crippen LogP) is -1.44. The number of aliphatic carboxylic acids is 1. The van der Waals surface area contributed by atoms with Crippen LogP contribution in [0.3, 0.4) is 0 Å². The molecule has 1 aliphatic rings. The van der Waals surface area contributed by atoms with Gasteiger partial charge >= 0.3 is 5.97 Å². The average molecular weight is 295 g/mol. The molecule has 4 N–H and O–H groups in total. The lowest BCUT2D eigenvalue weighted by molar-refractivity contribution is -0.138. The van der Waals surface area contributed by atoms with E-state index in [0.29, 0.717) is 19.6 Å². The maximum absolute atomic E-state index is 12.2. The highest BCUT2D eigenvalue weighted by molar-refractivity contribution is 5.97. The molecule has 116 valence electrons. The van der Waals surface area contributed by atoms with Crippen molar-refractivity contribution < 1.29 is 14.7 Å². The van der Waals surface area contributed by atoms with E-state index >= 15 is 0 Å². The zero-order valence-corrected chi connectivity index (χ0v) is 12.1. The molecule has 0 aromatic carbocycles. The Morgan fingerprint density at radius 2 is 2.05 bits per heavy atom. The molecule has 1 heterocycles. The fourth-order valence-electron chi connectivity index (χ4n) is 1.95. The van der Waals surface area contributed by atoms with Gasteiger partial charge in [-0.1, -0.05) is 0 Å². The van der Waals surface area contributed by atoms with Crippen LogP contribution in [0.1, 0.15) is 6.92 Å². The molecule has 8 heteroatoms. The minimum Gasteiger partial charge on any atom is -0.480 e. The molecule has 1 atom stereocenters. The fraction of sp³-hybridized carbons (Fsp3) is 0.615. The summed E-state index contributed by atoms with van der Waals surface area (Å²) in [5.74, 6) is -1.43. The van der Waals surface area contributed by atoms with Crippen LogP contribution in [-0.2, 0) is 9.59 Å². The molecule has 0 spiro atoms. The van der Waals surface area contributed by atoms with Crippen molar-refractivity contribution in [2.45, 2.75) is 13.0 Å². The first-order chi connectivity index (χ1) is 9.99. The number of hydrogen-bond acceptors (Lipinski definition) is 6. The SMILES string of the molecule is CC(N/C=C(/C#N)C(=O)N1CCN(CCN)CC1)C(=O)O. The maximum atomic E-state index is 12.2. The van der Waals surface area contributed by atoms with Gasteiger partial charge in [-0.05, 0) is 6.92 Å². The van der Waals surface area contributed by atoms with Crippen molar-refractivity contribution in [2.75, 3.05) is 39.3 Å². The highest BCUT2D eigenvalue weighted by Gasteiger charge is 2.23. The van der Waals surface area contributed by atoms with Crippen LogP contribution >= 0.6 is 0 Å². The number of carbonyl (C=O) groups is 2. The van der Waals surface area contributed by atoms with Gasteiger partial charge in [-0.15, -0.1) is 0 Å². The highest BCUT2D eigenvalue weighted by Crippen LogP contribution is 2.06. The molecule has 0 radical (unpaired) electrons. The summed E-state index contributed by atoms with van der Waals surface area (Å²) in [6, 6.07) is 0.952. The minimum absolute atomic E-state index is 0.0876. The van der Waals surface area contributed by atoms with Gasteiger partial charge in [0.05, 0.1) is 0 Å². The lowest BCUT2D eigenvalue weighted by atomic mass is 10.2. The number of carboxylic acid groups (broad SMARTS) is 1. The molecule has 0 bridgehead atoms. The van der Waals surface area contributed by atoms with Gasteiger partial charge in [-0.2, -0.15) is 5.26 Å². The molecule has 1 amide bonds. The first-order valence-corrected chi connectivity index (χ1v) is 6.80. The molecule has 0 saturated carbocycles. The summed E-state index contributed by atoms with van der Waals surface area (Å²) in [6.07, 6.45) is 1.17. The van der Waals surface area contributed by atoms with Crippen molar-refractivity contribution in [3.8, 4) is 6.07 Å². The van der Waals surface area contributed by atoms with E-state index in [0.717, 1.165) is 19.6 Å². The number of nitrogens with one attached hydrogen (secondary N) is 1. The second-order valence-electron chi connectivity index (χ2n) is 4.82. The predicted molar refractivity (Wildman–Crippen MR) is 76.0 cm³/mol. The van der Waals surface area contributed by atoms with Crippen LogP contribution in [0.4, 0.5) is 0 Å². The number of amides is 1. The van der Waals surface area contributed by atoms with Gasteiger partial charge in [0.15, 0.2) is 0 Å². The molecule has 1 aliphatic heterocycles. The van der Waals surface area contributed by atoms with Gasteiger partial charge in [0.25, 0.3) is 5.91 Å². The zero-order chi connectivity index (χ0) is 15.8. The molecule has 0 aliphatic carbocycles. The topological polar surface area (TPSA) is 123 Å². The summed E-state index contributed by atoms with van der Waals surface area (Å²) in [5, 5.41) is 20.3. The Balaban J connectivity index is 2.58. The lowest BCUT2D eigenvalue weighted by Gasteiger charge is -2.34. The summed E-state index contributed by atoms with van der Waals surface area (Å²) >= 11 is 0. The Hall–Kier alpha value is -2.11. The Bertz CT molecular complexity index is 449. The summed E-state index contributed by atoms with van der Waals surface area (Å²) in [7, 11) is 0. The van der Waals surface area contributed by atoms with E-state index in [9.17, 15) is 9.59 Å². The van der Waals surface area contributed by atoms with Crippen molar-refractivity contribution in [1.82, 2.24) is 15.1 Å². The van der Waals surface area contributed by atoms with Crippen molar-refractivity contribution in [3.05, 3.63) is 11.8 Å². The molecular formula is C13H21N5O3. The first kappa shape index (κ1) is 16.9. The lowest BCUT2D eigenvalue weighted by Crippen LogP contribution is -2.50. The second-order valence-corrected chi connectivity index (χ2v) is 4.82. The van der Waals surface area contributed by atoms with Crippen molar-refractivity contribution in [3.63, 3.8) is 0 Å². The number of rotatable bonds is 6. The monoisotopic (exact) mass is 295 g/mol. The molecule has 1 saturated heterocycles. The quantitative estimate of drug-likeness (QED) is 0.405. The number of nitriles is 1. The maximum Gasteiger partial charge on any atom is 0.325 e. The zero-order valence-electron chi connectivity index (χ0n) is 12.1. The number of carboxylic acids is 1. The second kappa shape index (κ2) is 8.24. The van der Waals surface area contributed by atoms with Crippen LogP contribution in [0.15, 0.2) is 11.8 Å². The van der Waals surface area contributed by atoms with Gasteiger partial charge < -0.3 is 21.1 Å². The Kier molecular flexibility index (Phi) is 6.65. The first-order valence-electron chi connectivity index (χ1n) is 6.80. The summed E-state index contributed by atoms with van der Waals surface area (Å²) in [5.41, 5.74) is 5.40. The van der Waals surface area contributed by atoms with Crippen LogP contribution < -0.4 is 11.1 Å². The van der Waals surface area contributed by atoms with Gasteiger partial charge in [-0.25, -0.2) is 0 Å². The summed E-state index contributed by atoms with van der Waals surface area (Å²) < 4.78 is 0. The Morgan fingerprint density at radius 1 is 1.43 bits per heavy atom. The van der Waals surface area contributed by atoms with E-state index in [1.165, 1.54) is 13.1 Å². The van der Waals surface area contributed by atoms with Gasteiger partial charge in [0.2, 0.25) is 0 Å². The standard InChI is InChI=1S/C13H21N5O3/c1-10(13(20)21)16-9-11(8-15)12(19)18-6-4-17(3-2-14)5-7-18/h9-10,16H,2-7,14H2,1H3,(H,20,21)/b11-9-. The van der Waals surface area contributed by atoms with E-state index in [2.05, 4.69) is 10.2 Å². The van der Waals surface area contributed by atoms with Crippen molar-refractivity contribution in [2.24, 2.45) is 5.73 Å². The van der Waals surface area contributed by atoms with Crippen LogP contribution in [0.5, 0.6) is 0 Å². The summed E-state index contributed by atoms with van der Waals surface area (Å²) in [4.78, 5) is 26.6. The van der Waals surface area contributed by atoms with Crippen molar-refractivity contribution >= 4 is 11.9 Å². The molecule has 1 fully saturated rings. The van der Waals surface area contributed by atoms with Crippen LogP contribution in [0.25, 0.3) is 0 Å². The highest BCUT2D eigenvalue weighted by atomic mass is 16.4. The fourth-order valence-corrected chi connectivity index (χ4v) is 1.95. The van der Waals surface area contributed by atoms with Crippen molar-refractivity contribution in [1.29, 1.82) is 5.26 Å². The molecule has 1 rings (SSSR count). The number of piperazine rings is 1. The molecular weight excluding hydrogens is 274 g/mol. The summed E-state index contributed by atoms with van der Waals surface area (Å²) in [6.45, 7) is 5.32. The van der Waals surface area contributed by atoms with Gasteiger partial charge in [-0.3, -0.25) is 14.5 Å². The smallest absolute Gasteiger partial charge is 0.325 e. The number of carbonyl (C=O) groups excluding carboxylic acids is 1. The Labute approximate surface area is 123 Å². The van der Waals surface area contributed by atoms with Crippen LogP contribution in [0, 0.1) is 11.3 Å². The molecule has 0 aromatic heterocycles. The Morgan fingerprint density at radius 3 is 2.52 bits per heavy atom. The number of hydrogen-bond donors (Lipinski definition) is 3. The third-order valence-corrected chi connectivity index (χ3v) is 3.30. The van der Waals surface area contributed by atoms with E-state index in [1.54, 1.807) is 4.90 Å². The molecule has 1 unspecified atom stereocenters. The van der Waals surface area contributed by atoms with Gasteiger partial charge in [0, 0.05) is 45.5 Å². The van der Waals surface area contributed by atoms with E-state index in [4.69, 9.17) is 16.1 Å². The number of nitrogens with two attached hydrogens (primary N) is 1. The van der Waals surface area contributed by atoms with Crippen LogP contribution in [-0.4, -0.2) is 72.1 Å². The minimum atomic E-state index is -1.05. The van der Waals surface area contributed by atoms with E-state index in [-0.39, 0.29) is 11.5 Å².